The van der Waals surface area contributed by atoms with E-state index in [0.717, 1.165) is 12.0 Å². The summed E-state index contributed by atoms with van der Waals surface area (Å²) in [5.74, 6) is 0.825. The fourth-order valence-electron chi connectivity index (χ4n) is 2.56. The molecule has 15 heavy (non-hydrogen) atoms. The zero-order chi connectivity index (χ0) is 11.6. The van der Waals surface area contributed by atoms with Crippen molar-refractivity contribution in [1.82, 2.24) is 0 Å². The third-order valence-corrected chi connectivity index (χ3v) is 3.30. The van der Waals surface area contributed by atoms with Crippen molar-refractivity contribution in [3.63, 3.8) is 0 Å². The molecule has 1 aliphatic carbocycles. The lowest BCUT2D eigenvalue weighted by Gasteiger charge is -2.37. The van der Waals surface area contributed by atoms with Gasteiger partial charge in [-0.1, -0.05) is 19.4 Å². The Balaban J connectivity index is 2.79. The van der Waals surface area contributed by atoms with Gasteiger partial charge in [-0.05, 0) is 37.7 Å². The fourth-order valence-corrected chi connectivity index (χ4v) is 2.56. The molecule has 0 spiro atoms. The quantitative estimate of drug-likeness (QED) is 0.714. The van der Waals surface area contributed by atoms with Gasteiger partial charge in [0.15, 0.2) is 5.78 Å². The number of hydrogen-bond donors (Lipinski definition) is 0. The first-order valence-corrected chi connectivity index (χ1v) is 5.53. The standard InChI is InChI=1S/C13H20O2/c1-9-7-11(15)8-13(3,4)12(9)6-5-10(2)14/h7,12H,5-6,8H2,1-4H3. The molecule has 0 radical (unpaired) electrons. The molecule has 1 atom stereocenters. The van der Waals surface area contributed by atoms with Crippen molar-refractivity contribution in [3.05, 3.63) is 11.6 Å². The predicted octanol–water partition coefficient (Wildman–Crippen LogP) is 2.92. The largest absolute Gasteiger partial charge is 0.300 e. The number of rotatable bonds is 3. The van der Waals surface area contributed by atoms with Crippen molar-refractivity contribution in [3.8, 4) is 0 Å². The van der Waals surface area contributed by atoms with Gasteiger partial charge in [-0.3, -0.25) is 4.79 Å². The van der Waals surface area contributed by atoms with Crippen LogP contribution < -0.4 is 0 Å². The molecular weight excluding hydrogens is 188 g/mol. The molecule has 0 fully saturated rings. The van der Waals surface area contributed by atoms with Crippen LogP contribution in [0.5, 0.6) is 0 Å². The Morgan fingerprint density at radius 1 is 1.53 bits per heavy atom. The van der Waals surface area contributed by atoms with E-state index < -0.39 is 0 Å². The molecule has 0 aromatic rings. The summed E-state index contributed by atoms with van der Waals surface area (Å²) in [5, 5.41) is 0. The first-order valence-electron chi connectivity index (χ1n) is 5.53. The van der Waals surface area contributed by atoms with E-state index in [9.17, 15) is 9.59 Å². The normalized spacial score (nSPS) is 24.9. The molecular formula is C13H20O2. The molecule has 84 valence electrons. The molecule has 0 heterocycles. The summed E-state index contributed by atoms with van der Waals surface area (Å²) < 4.78 is 0. The van der Waals surface area contributed by atoms with Gasteiger partial charge in [0.1, 0.15) is 5.78 Å². The van der Waals surface area contributed by atoms with E-state index in [1.807, 2.05) is 6.92 Å². The molecule has 0 aliphatic heterocycles. The van der Waals surface area contributed by atoms with Gasteiger partial charge >= 0.3 is 0 Å². The Hall–Kier alpha value is -0.920. The van der Waals surface area contributed by atoms with E-state index in [1.165, 1.54) is 0 Å². The number of allylic oxidation sites excluding steroid dienone is 2. The van der Waals surface area contributed by atoms with Crippen LogP contribution in [0.2, 0.25) is 0 Å². The molecule has 0 aromatic heterocycles. The number of carbonyl (C=O) groups is 2. The van der Waals surface area contributed by atoms with Gasteiger partial charge in [0.2, 0.25) is 0 Å². The molecule has 0 aromatic carbocycles. The molecule has 2 nitrogen and oxygen atoms in total. The zero-order valence-corrected chi connectivity index (χ0v) is 10.1. The van der Waals surface area contributed by atoms with E-state index in [1.54, 1.807) is 13.0 Å². The molecule has 0 N–H and O–H groups in total. The maximum absolute atomic E-state index is 11.4. The fraction of sp³-hybridized carbons (Fsp3) is 0.692. The molecule has 1 aliphatic rings. The van der Waals surface area contributed by atoms with E-state index >= 15 is 0 Å². The number of Topliss-reactive ketones (excluding diaryl/α,β-unsaturated/α-hetero) is 1. The Morgan fingerprint density at radius 3 is 2.60 bits per heavy atom. The van der Waals surface area contributed by atoms with E-state index in [0.29, 0.717) is 18.8 Å². The van der Waals surface area contributed by atoms with Crippen LogP contribution in [-0.4, -0.2) is 11.6 Å². The molecule has 0 amide bonds. The minimum atomic E-state index is 0.00532. The van der Waals surface area contributed by atoms with Gasteiger partial charge < -0.3 is 4.79 Å². The van der Waals surface area contributed by atoms with Gasteiger partial charge in [-0.25, -0.2) is 0 Å². The number of carbonyl (C=O) groups excluding carboxylic acids is 2. The van der Waals surface area contributed by atoms with Crippen molar-refractivity contribution < 1.29 is 9.59 Å². The second-order valence-electron chi connectivity index (χ2n) is 5.31. The van der Waals surface area contributed by atoms with Crippen LogP contribution in [0.1, 0.15) is 47.0 Å². The number of hydrogen-bond acceptors (Lipinski definition) is 2. The highest BCUT2D eigenvalue weighted by molar-refractivity contribution is 5.92. The van der Waals surface area contributed by atoms with Crippen LogP contribution >= 0.6 is 0 Å². The van der Waals surface area contributed by atoms with E-state index in [4.69, 9.17) is 0 Å². The van der Waals surface area contributed by atoms with Crippen LogP contribution in [0.4, 0.5) is 0 Å². The molecule has 1 unspecified atom stereocenters. The Labute approximate surface area is 91.7 Å². The highest BCUT2D eigenvalue weighted by Crippen LogP contribution is 2.42. The summed E-state index contributed by atoms with van der Waals surface area (Å²) in [6.45, 7) is 7.86. The van der Waals surface area contributed by atoms with Crippen LogP contribution in [0.25, 0.3) is 0 Å². The van der Waals surface area contributed by atoms with E-state index in [-0.39, 0.29) is 17.0 Å². The Kier molecular flexibility index (Phi) is 3.48. The van der Waals surface area contributed by atoms with Gasteiger partial charge in [0.25, 0.3) is 0 Å². The van der Waals surface area contributed by atoms with Crippen molar-refractivity contribution in [1.29, 1.82) is 0 Å². The molecule has 1 rings (SSSR count). The molecule has 2 heteroatoms. The third-order valence-electron chi connectivity index (χ3n) is 3.30. The summed E-state index contributed by atoms with van der Waals surface area (Å²) in [6.07, 6.45) is 3.84. The van der Waals surface area contributed by atoms with Gasteiger partial charge in [0.05, 0.1) is 0 Å². The highest BCUT2D eigenvalue weighted by atomic mass is 16.1. The second-order valence-corrected chi connectivity index (χ2v) is 5.31. The third kappa shape index (κ3) is 3.01. The average molecular weight is 208 g/mol. The summed E-state index contributed by atoms with van der Waals surface area (Å²) in [7, 11) is 0. The Bertz CT molecular complexity index is 310. The molecule has 0 bridgehead atoms. The second kappa shape index (κ2) is 4.30. The average Bonchev–Trinajstić information content (AvgIpc) is 1.98. The van der Waals surface area contributed by atoms with Crippen LogP contribution in [-0.2, 0) is 9.59 Å². The first kappa shape index (κ1) is 12.2. The maximum atomic E-state index is 11.4. The molecule has 0 saturated heterocycles. The van der Waals surface area contributed by atoms with Gasteiger partial charge in [0, 0.05) is 12.8 Å². The van der Waals surface area contributed by atoms with Crippen LogP contribution in [0.3, 0.4) is 0 Å². The summed E-state index contributed by atoms with van der Waals surface area (Å²) >= 11 is 0. The summed E-state index contributed by atoms with van der Waals surface area (Å²) in [6, 6.07) is 0. The van der Waals surface area contributed by atoms with E-state index in [2.05, 4.69) is 13.8 Å². The lowest BCUT2D eigenvalue weighted by molar-refractivity contribution is -0.118. The topological polar surface area (TPSA) is 34.1 Å². The minimum absolute atomic E-state index is 0.00532. The minimum Gasteiger partial charge on any atom is -0.300 e. The maximum Gasteiger partial charge on any atom is 0.156 e. The van der Waals surface area contributed by atoms with Gasteiger partial charge in [-0.15, -0.1) is 0 Å². The lowest BCUT2D eigenvalue weighted by Crippen LogP contribution is -2.32. The predicted molar refractivity (Wildman–Crippen MR) is 60.6 cm³/mol. The smallest absolute Gasteiger partial charge is 0.156 e. The van der Waals surface area contributed by atoms with Crippen molar-refractivity contribution in [2.75, 3.05) is 0 Å². The van der Waals surface area contributed by atoms with Crippen molar-refractivity contribution in [2.45, 2.75) is 47.0 Å². The summed E-state index contributed by atoms with van der Waals surface area (Å²) in [4.78, 5) is 22.4. The SMILES string of the molecule is CC(=O)CCC1C(C)=CC(=O)CC1(C)C. The Morgan fingerprint density at radius 2 is 2.13 bits per heavy atom. The molecule has 0 saturated carbocycles. The van der Waals surface area contributed by atoms with Crippen LogP contribution in [0.15, 0.2) is 11.6 Å². The highest BCUT2D eigenvalue weighted by Gasteiger charge is 2.35. The van der Waals surface area contributed by atoms with Crippen LogP contribution in [0, 0.1) is 11.3 Å². The van der Waals surface area contributed by atoms with Crippen molar-refractivity contribution >= 4 is 11.6 Å². The first-order chi connectivity index (χ1) is 6.83. The van der Waals surface area contributed by atoms with Crippen molar-refractivity contribution in [2.24, 2.45) is 11.3 Å². The number of ketones is 2. The summed E-state index contributed by atoms with van der Waals surface area (Å²) in [5.41, 5.74) is 1.14. The van der Waals surface area contributed by atoms with Gasteiger partial charge in [-0.2, -0.15) is 0 Å². The lowest BCUT2D eigenvalue weighted by atomic mass is 9.66. The monoisotopic (exact) mass is 208 g/mol. The zero-order valence-electron chi connectivity index (χ0n) is 10.1.